The second-order valence-electron chi connectivity index (χ2n) is 6.31. The van der Waals surface area contributed by atoms with Crippen LogP contribution in [0.2, 0.25) is 0 Å². The first-order valence-electron chi connectivity index (χ1n) is 7.67. The van der Waals surface area contributed by atoms with Crippen LogP contribution in [0.1, 0.15) is 43.7 Å². The lowest BCUT2D eigenvalue weighted by atomic mass is 9.85. The van der Waals surface area contributed by atoms with Gasteiger partial charge in [0.05, 0.1) is 18.4 Å². The van der Waals surface area contributed by atoms with E-state index in [9.17, 15) is 9.59 Å². The number of carbonyl (C=O) groups excluding carboxylic acids is 2. The highest BCUT2D eigenvalue weighted by molar-refractivity contribution is 6.05. The van der Waals surface area contributed by atoms with Crippen molar-refractivity contribution in [1.29, 1.82) is 0 Å². The zero-order chi connectivity index (χ0) is 15.0. The molecule has 3 nitrogen and oxygen atoms in total. The zero-order valence-electron chi connectivity index (χ0n) is 12.6. The fourth-order valence-corrected chi connectivity index (χ4v) is 3.22. The molecular formula is C18H21NO2. The Kier molecular flexibility index (Phi) is 3.66. The fourth-order valence-electron chi connectivity index (χ4n) is 3.22. The third-order valence-electron chi connectivity index (χ3n) is 4.59. The van der Waals surface area contributed by atoms with Crippen LogP contribution >= 0.6 is 0 Å². The van der Waals surface area contributed by atoms with Crippen molar-refractivity contribution in [2.75, 3.05) is 0 Å². The molecule has 1 aliphatic heterocycles. The smallest absolute Gasteiger partial charge is 0.233 e. The SMILES string of the molecule is CC(C)c1ccc(CN2C(=O)[C@H]3CC=CC[C@@H]3C2=O)cc1. The molecule has 3 heteroatoms. The van der Waals surface area contributed by atoms with E-state index >= 15 is 0 Å². The molecule has 1 saturated heterocycles. The maximum atomic E-state index is 12.4. The van der Waals surface area contributed by atoms with Gasteiger partial charge < -0.3 is 0 Å². The Labute approximate surface area is 125 Å². The Bertz CT molecular complexity index is 560. The van der Waals surface area contributed by atoms with E-state index < -0.39 is 0 Å². The third kappa shape index (κ3) is 2.53. The molecule has 1 aromatic carbocycles. The summed E-state index contributed by atoms with van der Waals surface area (Å²) >= 11 is 0. The lowest BCUT2D eigenvalue weighted by Gasteiger charge is -2.15. The number of fused-ring (bicyclic) bond motifs is 1. The first kappa shape index (κ1) is 14.1. The van der Waals surface area contributed by atoms with Gasteiger partial charge in [0.15, 0.2) is 0 Å². The average Bonchev–Trinajstić information content (AvgIpc) is 2.73. The molecule has 2 aliphatic rings. The quantitative estimate of drug-likeness (QED) is 0.630. The normalized spacial score (nSPS) is 24.8. The minimum Gasteiger partial charge on any atom is -0.278 e. The number of hydrogen-bond acceptors (Lipinski definition) is 2. The van der Waals surface area contributed by atoms with Gasteiger partial charge in [-0.3, -0.25) is 14.5 Å². The standard InChI is InChI=1S/C18H21NO2/c1-12(2)14-9-7-13(8-10-14)11-19-17(20)15-5-3-4-6-16(15)18(19)21/h3-4,7-10,12,15-16H,5-6,11H2,1-2H3/t15-,16-/m0/s1. The molecule has 0 aromatic heterocycles. The molecule has 110 valence electrons. The van der Waals surface area contributed by atoms with Crippen LogP contribution in [0.3, 0.4) is 0 Å². The number of likely N-dealkylation sites (tertiary alicyclic amines) is 1. The van der Waals surface area contributed by atoms with Crippen LogP contribution < -0.4 is 0 Å². The van der Waals surface area contributed by atoms with E-state index in [1.807, 2.05) is 24.3 Å². The summed E-state index contributed by atoms with van der Waals surface area (Å²) in [6.45, 7) is 4.71. The number of amides is 2. The van der Waals surface area contributed by atoms with E-state index in [1.54, 1.807) is 0 Å². The van der Waals surface area contributed by atoms with Gasteiger partial charge in [-0.05, 0) is 29.9 Å². The summed E-state index contributed by atoms with van der Waals surface area (Å²) in [5.41, 5.74) is 2.29. The highest BCUT2D eigenvalue weighted by Crippen LogP contribution is 2.35. The molecule has 3 rings (SSSR count). The van der Waals surface area contributed by atoms with Gasteiger partial charge in [0, 0.05) is 0 Å². The second kappa shape index (κ2) is 5.47. The van der Waals surface area contributed by atoms with Crippen molar-refractivity contribution < 1.29 is 9.59 Å². The summed E-state index contributed by atoms with van der Waals surface area (Å²) in [7, 11) is 0. The van der Waals surface area contributed by atoms with Gasteiger partial charge in [-0.2, -0.15) is 0 Å². The summed E-state index contributed by atoms with van der Waals surface area (Å²) < 4.78 is 0. The van der Waals surface area contributed by atoms with Crippen molar-refractivity contribution in [2.45, 2.75) is 39.2 Å². The monoisotopic (exact) mass is 283 g/mol. The summed E-state index contributed by atoms with van der Waals surface area (Å²) in [6, 6.07) is 8.21. The molecule has 0 saturated carbocycles. The van der Waals surface area contributed by atoms with Gasteiger partial charge in [0.2, 0.25) is 11.8 Å². The molecule has 0 spiro atoms. The Morgan fingerprint density at radius 3 is 2.00 bits per heavy atom. The average molecular weight is 283 g/mol. The van der Waals surface area contributed by atoms with Gasteiger partial charge in [0.25, 0.3) is 0 Å². The Hall–Kier alpha value is -1.90. The maximum absolute atomic E-state index is 12.4. The first-order valence-corrected chi connectivity index (χ1v) is 7.67. The van der Waals surface area contributed by atoms with Gasteiger partial charge in [-0.15, -0.1) is 0 Å². The maximum Gasteiger partial charge on any atom is 0.233 e. The number of nitrogens with zero attached hydrogens (tertiary/aromatic N) is 1. The number of rotatable bonds is 3. The topological polar surface area (TPSA) is 37.4 Å². The molecule has 2 amide bonds. The van der Waals surface area contributed by atoms with Crippen molar-refractivity contribution in [1.82, 2.24) is 4.90 Å². The molecule has 21 heavy (non-hydrogen) atoms. The van der Waals surface area contributed by atoms with E-state index in [-0.39, 0.29) is 23.7 Å². The summed E-state index contributed by atoms with van der Waals surface area (Å²) in [5, 5.41) is 0. The van der Waals surface area contributed by atoms with Gasteiger partial charge >= 0.3 is 0 Å². The van der Waals surface area contributed by atoms with E-state index in [4.69, 9.17) is 0 Å². The molecule has 0 N–H and O–H groups in total. The van der Waals surface area contributed by atoms with Crippen molar-refractivity contribution in [3.8, 4) is 0 Å². The molecule has 0 unspecified atom stereocenters. The van der Waals surface area contributed by atoms with Crippen LogP contribution in [-0.2, 0) is 16.1 Å². The van der Waals surface area contributed by atoms with Crippen LogP contribution in [0, 0.1) is 11.8 Å². The largest absolute Gasteiger partial charge is 0.278 e. The van der Waals surface area contributed by atoms with E-state index in [1.165, 1.54) is 10.5 Å². The van der Waals surface area contributed by atoms with Crippen LogP contribution in [0.5, 0.6) is 0 Å². The Morgan fingerprint density at radius 2 is 1.52 bits per heavy atom. The summed E-state index contributed by atoms with van der Waals surface area (Å²) in [4.78, 5) is 26.3. The highest BCUT2D eigenvalue weighted by atomic mass is 16.2. The summed E-state index contributed by atoms with van der Waals surface area (Å²) in [6.07, 6.45) is 5.45. The van der Waals surface area contributed by atoms with Gasteiger partial charge in [0.1, 0.15) is 0 Å². The van der Waals surface area contributed by atoms with Crippen molar-refractivity contribution >= 4 is 11.8 Å². The second-order valence-corrected chi connectivity index (χ2v) is 6.31. The lowest BCUT2D eigenvalue weighted by molar-refractivity contribution is -0.140. The van der Waals surface area contributed by atoms with Crippen LogP contribution in [0.15, 0.2) is 36.4 Å². The van der Waals surface area contributed by atoms with Crippen molar-refractivity contribution in [3.63, 3.8) is 0 Å². The molecule has 2 atom stereocenters. The van der Waals surface area contributed by atoms with Crippen LogP contribution in [-0.4, -0.2) is 16.7 Å². The minimum absolute atomic E-state index is 0.00212. The minimum atomic E-state index is -0.127. The molecule has 1 aromatic rings. The molecule has 0 bridgehead atoms. The molecule has 1 heterocycles. The number of allylic oxidation sites excluding steroid dienone is 2. The fraction of sp³-hybridized carbons (Fsp3) is 0.444. The highest BCUT2D eigenvalue weighted by Gasteiger charge is 2.46. The van der Waals surface area contributed by atoms with Gasteiger partial charge in [-0.25, -0.2) is 0 Å². The number of carbonyl (C=O) groups is 2. The van der Waals surface area contributed by atoms with E-state index in [0.717, 1.165) is 5.56 Å². The Morgan fingerprint density at radius 1 is 1.00 bits per heavy atom. The zero-order valence-corrected chi connectivity index (χ0v) is 12.6. The molecular weight excluding hydrogens is 262 g/mol. The van der Waals surface area contributed by atoms with Crippen LogP contribution in [0.25, 0.3) is 0 Å². The molecule has 1 aliphatic carbocycles. The van der Waals surface area contributed by atoms with Crippen molar-refractivity contribution in [3.05, 3.63) is 47.5 Å². The molecule has 1 fully saturated rings. The van der Waals surface area contributed by atoms with Crippen LogP contribution in [0.4, 0.5) is 0 Å². The Balaban J connectivity index is 1.76. The first-order chi connectivity index (χ1) is 10.1. The lowest BCUT2D eigenvalue weighted by Crippen LogP contribution is -2.30. The third-order valence-corrected chi connectivity index (χ3v) is 4.59. The predicted molar refractivity (Wildman–Crippen MR) is 81.4 cm³/mol. The van der Waals surface area contributed by atoms with E-state index in [0.29, 0.717) is 25.3 Å². The number of imide groups is 1. The number of hydrogen-bond donors (Lipinski definition) is 0. The summed E-state index contributed by atoms with van der Waals surface area (Å²) in [5.74, 6) is 0.238. The predicted octanol–water partition coefficient (Wildman–Crippen LogP) is 3.26. The van der Waals surface area contributed by atoms with Crippen molar-refractivity contribution in [2.24, 2.45) is 11.8 Å². The van der Waals surface area contributed by atoms with E-state index in [2.05, 4.69) is 26.0 Å². The molecule has 0 radical (unpaired) electrons. The van der Waals surface area contributed by atoms with Gasteiger partial charge in [-0.1, -0.05) is 50.3 Å². The number of benzene rings is 1.